The molecule has 1 aromatic heterocycles. The van der Waals surface area contributed by atoms with Crippen molar-refractivity contribution in [1.29, 1.82) is 0 Å². The lowest BCUT2D eigenvalue weighted by Gasteiger charge is -2.32. The van der Waals surface area contributed by atoms with Gasteiger partial charge in [-0.05, 0) is 25.0 Å². The van der Waals surface area contributed by atoms with Gasteiger partial charge in [0.15, 0.2) is 0 Å². The summed E-state index contributed by atoms with van der Waals surface area (Å²) in [5.41, 5.74) is 0.123. The average Bonchev–Trinajstić information content (AvgIpc) is 2.71. The number of rotatable bonds is 2. The van der Waals surface area contributed by atoms with Gasteiger partial charge in [-0.15, -0.1) is 0 Å². The van der Waals surface area contributed by atoms with Crippen LogP contribution in [0, 0.1) is 0 Å². The molecule has 23 heavy (non-hydrogen) atoms. The molecule has 0 amide bonds. The molecule has 0 radical (unpaired) electrons. The van der Waals surface area contributed by atoms with Gasteiger partial charge in [0.2, 0.25) is 0 Å². The second kappa shape index (κ2) is 6.37. The fourth-order valence-electron chi connectivity index (χ4n) is 3.03. The van der Waals surface area contributed by atoms with Crippen molar-refractivity contribution >= 4 is 16.7 Å². The summed E-state index contributed by atoms with van der Waals surface area (Å²) < 4.78 is 6.87. The molecule has 7 heteroatoms. The third-order valence-corrected chi connectivity index (χ3v) is 4.38. The number of aryl methyl sites for hydroxylation is 1. The van der Waals surface area contributed by atoms with Crippen molar-refractivity contribution in [2.24, 2.45) is 12.2 Å². The minimum Gasteiger partial charge on any atom is -0.409 e. The molecule has 2 heterocycles. The van der Waals surface area contributed by atoms with E-state index in [1.807, 2.05) is 24.3 Å². The summed E-state index contributed by atoms with van der Waals surface area (Å²) in [6, 6.07) is 7.58. The third kappa shape index (κ3) is 2.79. The van der Waals surface area contributed by atoms with Crippen LogP contribution in [0.4, 0.5) is 5.82 Å². The zero-order chi connectivity index (χ0) is 16.4. The molecule has 0 aliphatic carbocycles. The first-order chi connectivity index (χ1) is 11.2. The van der Waals surface area contributed by atoms with Crippen molar-refractivity contribution in [2.75, 3.05) is 25.1 Å². The Morgan fingerprint density at radius 2 is 2.00 bits per heavy atom. The molecule has 0 bridgehead atoms. The number of hydrogen-bond acceptors (Lipinski definition) is 6. The van der Waals surface area contributed by atoms with Gasteiger partial charge in [-0.2, -0.15) is 0 Å². The highest BCUT2D eigenvalue weighted by Gasteiger charge is 2.21. The predicted molar refractivity (Wildman–Crippen MR) is 86.6 cm³/mol. The second-order valence-electron chi connectivity index (χ2n) is 5.66. The minimum atomic E-state index is -0.429. The Hall–Kier alpha value is -2.41. The second-order valence-corrected chi connectivity index (χ2v) is 5.66. The van der Waals surface area contributed by atoms with Gasteiger partial charge in [0.25, 0.3) is 11.0 Å². The van der Waals surface area contributed by atoms with E-state index in [4.69, 9.17) is 4.74 Å². The Bertz CT molecular complexity index is 839. The molecule has 0 unspecified atom stereocenters. The van der Waals surface area contributed by atoms with Crippen LogP contribution in [0.25, 0.3) is 10.9 Å². The summed E-state index contributed by atoms with van der Waals surface area (Å²) in [6.07, 6.45) is 2.04. The highest BCUT2D eigenvalue weighted by atomic mass is 16.5. The smallest absolute Gasteiger partial charge is 0.299 e. The van der Waals surface area contributed by atoms with Gasteiger partial charge in [-0.1, -0.05) is 17.3 Å². The average molecular weight is 316 g/mol. The molecule has 0 spiro atoms. The zero-order valence-corrected chi connectivity index (χ0v) is 13.3. The van der Waals surface area contributed by atoms with Gasteiger partial charge < -0.3 is 19.4 Å². The topological polar surface area (TPSA) is 80.0 Å². The number of methoxy groups -OCH3 is 1. The van der Waals surface area contributed by atoms with E-state index in [1.165, 1.54) is 4.57 Å². The van der Waals surface area contributed by atoms with Crippen LogP contribution in [-0.4, -0.2) is 41.1 Å². The molecule has 3 rings (SSSR count). The molecule has 0 atom stereocenters. The van der Waals surface area contributed by atoms with Crippen molar-refractivity contribution in [2.45, 2.75) is 18.9 Å². The zero-order valence-electron chi connectivity index (χ0n) is 13.3. The van der Waals surface area contributed by atoms with Gasteiger partial charge in [-0.25, -0.2) is 4.98 Å². The van der Waals surface area contributed by atoms with Crippen LogP contribution in [0.2, 0.25) is 0 Å². The maximum atomic E-state index is 12.4. The summed E-state index contributed by atoms with van der Waals surface area (Å²) in [6.45, 7) is 1.56. The lowest BCUT2D eigenvalue weighted by atomic mass is 10.1. The molecule has 7 nitrogen and oxygen atoms in total. The first kappa shape index (κ1) is 15.5. The van der Waals surface area contributed by atoms with E-state index < -0.39 is 5.56 Å². The van der Waals surface area contributed by atoms with Gasteiger partial charge in [0.05, 0.1) is 11.6 Å². The van der Waals surface area contributed by atoms with E-state index >= 15 is 0 Å². The largest absolute Gasteiger partial charge is 0.409 e. The molecule has 1 saturated heterocycles. The summed E-state index contributed by atoms with van der Waals surface area (Å²) in [5.74, 6) is 0.667. The maximum Gasteiger partial charge on any atom is 0.299 e. The maximum absolute atomic E-state index is 12.4. The van der Waals surface area contributed by atoms with Crippen molar-refractivity contribution in [3.05, 3.63) is 40.1 Å². The van der Waals surface area contributed by atoms with Gasteiger partial charge in [0.1, 0.15) is 5.82 Å². The predicted octanol–water partition coefficient (Wildman–Crippen LogP) is 0.839. The first-order valence-electron chi connectivity index (χ1n) is 7.61. The quantitative estimate of drug-likeness (QED) is 0.656. The number of piperidine rings is 1. The van der Waals surface area contributed by atoms with E-state index in [1.54, 1.807) is 14.2 Å². The number of aromatic nitrogens is 2. The van der Waals surface area contributed by atoms with Gasteiger partial charge in [-0.3, -0.25) is 4.79 Å². The van der Waals surface area contributed by atoms with Crippen LogP contribution in [-0.2, 0) is 11.8 Å². The lowest BCUT2D eigenvalue weighted by molar-refractivity contribution is 0.0818. The number of fused-ring (bicyclic) bond motifs is 1. The fraction of sp³-hybridized carbons (Fsp3) is 0.438. The van der Waals surface area contributed by atoms with Crippen LogP contribution < -0.4 is 15.9 Å². The van der Waals surface area contributed by atoms with Crippen LogP contribution >= 0.6 is 0 Å². The molecule has 1 aliphatic rings. The molecule has 0 saturated carbocycles. The van der Waals surface area contributed by atoms with E-state index in [0.29, 0.717) is 5.82 Å². The van der Waals surface area contributed by atoms with Crippen molar-refractivity contribution in [3.63, 3.8) is 0 Å². The lowest BCUT2D eigenvalue weighted by Crippen LogP contribution is -2.38. The Kier molecular flexibility index (Phi) is 4.29. The van der Waals surface area contributed by atoms with E-state index in [-0.39, 0.29) is 11.6 Å². The molecular weight excluding hydrogens is 296 g/mol. The monoisotopic (exact) mass is 316 g/mol. The SMILES string of the molecule is COC1CCN(c2nc(=NO)c(=O)n(C)c3ccccc23)CC1. The van der Waals surface area contributed by atoms with E-state index in [2.05, 4.69) is 15.0 Å². The Morgan fingerprint density at radius 3 is 2.65 bits per heavy atom. The Labute approximate surface area is 133 Å². The molecule has 1 aromatic carbocycles. The number of para-hydroxylation sites is 1. The number of hydrogen-bond donors (Lipinski definition) is 1. The van der Waals surface area contributed by atoms with Crippen LogP contribution in [0.5, 0.6) is 0 Å². The molecule has 1 fully saturated rings. The normalized spacial score (nSPS) is 17.0. The van der Waals surface area contributed by atoms with Crippen molar-refractivity contribution in [3.8, 4) is 0 Å². The fourth-order valence-corrected chi connectivity index (χ4v) is 3.03. The van der Waals surface area contributed by atoms with Crippen LogP contribution in [0.15, 0.2) is 34.2 Å². The first-order valence-corrected chi connectivity index (χ1v) is 7.61. The third-order valence-electron chi connectivity index (χ3n) is 4.38. The number of anilines is 1. The van der Waals surface area contributed by atoms with Crippen molar-refractivity contribution in [1.82, 2.24) is 9.55 Å². The standard InChI is InChI=1S/C16H20N4O3/c1-19-13-6-4-3-5-12(13)15(17-14(18-22)16(19)21)20-9-7-11(23-2)8-10-20/h3-6,11,22H,7-10H2,1-2H3. The molecule has 122 valence electrons. The van der Waals surface area contributed by atoms with Crippen LogP contribution in [0.1, 0.15) is 12.8 Å². The van der Waals surface area contributed by atoms with E-state index in [9.17, 15) is 10.0 Å². The summed E-state index contributed by atoms with van der Waals surface area (Å²) in [5, 5.41) is 13.1. The molecule has 1 N–H and O–H groups in total. The van der Waals surface area contributed by atoms with Gasteiger partial charge in [0, 0.05) is 32.6 Å². The van der Waals surface area contributed by atoms with Crippen LogP contribution in [0.3, 0.4) is 0 Å². The Morgan fingerprint density at radius 1 is 1.30 bits per heavy atom. The number of nitrogens with zero attached hydrogens (tertiary/aromatic N) is 4. The summed E-state index contributed by atoms with van der Waals surface area (Å²) >= 11 is 0. The molecule has 1 aliphatic heterocycles. The minimum absolute atomic E-state index is 0.201. The highest BCUT2D eigenvalue weighted by molar-refractivity contribution is 5.89. The number of benzene rings is 1. The molecular formula is C16H20N4O3. The van der Waals surface area contributed by atoms with Gasteiger partial charge >= 0.3 is 0 Å². The number of ether oxygens (including phenoxy) is 1. The highest BCUT2D eigenvalue weighted by Crippen LogP contribution is 2.25. The summed E-state index contributed by atoms with van der Waals surface area (Å²) in [7, 11) is 3.38. The summed E-state index contributed by atoms with van der Waals surface area (Å²) in [4.78, 5) is 18.8. The van der Waals surface area contributed by atoms with Crippen molar-refractivity contribution < 1.29 is 9.94 Å². The van der Waals surface area contributed by atoms with E-state index in [0.717, 1.165) is 36.8 Å². The molecule has 2 aromatic rings. The Balaban J connectivity index is 2.23.